The Balaban J connectivity index is 2.81. The van der Waals surface area contributed by atoms with Crippen molar-refractivity contribution in [2.75, 3.05) is 6.73 Å². The molecule has 0 fully saturated rings. The van der Waals surface area contributed by atoms with Crippen molar-refractivity contribution in [1.82, 2.24) is 5.32 Å². The molecule has 0 rings (SSSR count). The molecular formula is C5H11NO2. The average Bonchev–Trinajstić information content (AvgIpc) is 1.66. The Morgan fingerprint density at radius 2 is 2.38 bits per heavy atom. The number of carbonyl (C=O) groups excluding carboxylic acids is 1. The minimum Gasteiger partial charge on any atom is -0.452 e. The Kier molecular flexibility index (Phi) is 4.26. The van der Waals surface area contributed by atoms with Crippen LogP contribution in [0.3, 0.4) is 0 Å². The number of ether oxygens (including phenoxy) is 1. The third kappa shape index (κ3) is 5.43. The molecule has 0 aromatic rings. The Hall–Kier alpha value is -0.570. The van der Waals surface area contributed by atoms with Crippen LogP contribution < -0.4 is 5.32 Å². The van der Waals surface area contributed by atoms with E-state index < -0.39 is 0 Å². The third-order valence-corrected chi connectivity index (χ3v) is 0.643. The Morgan fingerprint density at radius 1 is 1.75 bits per heavy atom. The van der Waals surface area contributed by atoms with Gasteiger partial charge < -0.3 is 4.74 Å². The van der Waals surface area contributed by atoms with Gasteiger partial charge in [-0.3, -0.25) is 10.1 Å². The summed E-state index contributed by atoms with van der Waals surface area (Å²) in [6.45, 7) is 4.69. The second kappa shape index (κ2) is 4.59. The molecular weight excluding hydrogens is 106 g/mol. The summed E-state index contributed by atoms with van der Waals surface area (Å²) in [5, 5.41) is 2.89. The molecule has 8 heavy (non-hydrogen) atoms. The van der Waals surface area contributed by atoms with Crippen molar-refractivity contribution < 1.29 is 9.53 Å². The van der Waals surface area contributed by atoms with Crippen LogP contribution in [0.15, 0.2) is 0 Å². The highest BCUT2D eigenvalue weighted by Gasteiger charge is 1.87. The van der Waals surface area contributed by atoms with Gasteiger partial charge in [-0.05, 0) is 13.8 Å². The van der Waals surface area contributed by atoms with Gasteiger partial charge in [0.25, 0.3) is 6.47 Å². The van der Waals surface area contributed by atoms with Crippen LogP contribution in [0.2, 0.25) is 0 Å². The van der Waals surface area contributed by atoms with Gasteiger partial charge in [0.1, 0.15) is 6.73 Å². The first-order valence-corrected chi connectivity index (χ1v) is 2.56. The Morgan fingerprint density at radius 3 is 2.75 bits per heavy atom. The first-order valence-electron chi connectivity index (χ1n) is 2.56. The lowest BCUT2D eigenvalue weighted by atomic mass is 10.4. The summed E-state index contributed by atoms with van der Waals surface area (Å²) >= 11 is 0. The number of nitrogens with one attached hydrogen (secondary N) is 1. The lowest BCUT2D eigenvalue weighted by Crippen LogP contribution is -2.24. The topological polar surface area (TPSA) is 38.3 Å². The zero-order valence-corrected chi connectivity index (χ0v) is 5.18. The van der Waals surface area contributed by atoms with Gasteiger partial charge in [0.2, 0.25) is 0 Å². The molecule has 3 nitrogen and oxygen atoms in total. The average molecular weight is 117 g/mol. The fraction of sp³-hybridized carbons (Fsp3) is 0.800. The minimum absolute atomic E-state index is 0.307. The SMILES string of the molecule is CC(C)NCOC=O. The van der Waals surface area contributed by atoms with Gasteiger partial charge in [0.05, 0.1) is 0 Å². The van der Waals surface area contributed by atoms with Crippen molar-refractivity contribution in [2.24, 2.45) is 0 Å². The summed E-state index contributed by atoms with van der Waals surface area (Å²) in [4.78, 5) is 9.52. The van der Waals surface area contributed by atoms with E-state index in [4.69, 9.17) is 0 Å². The maximum atomic E-state index is 9.52. The highest BCUT2D eigenvalue weighted by atomic mass is 16.5. The summed E-state index contributed by atoms with van der Waals surface area (Å²) in [6, 6.07) is 0.370. The quantitative estimate of drug-likeness (QED) is 0.323. The predicted molar refractivity (Wildman–Crippen MR) is 30.3 cm³/mol. The van der Waals surface area contributed by atoms with Crippen LogP contribution in [-0.4, -0.2) is 19.2 Å². The van der Waals surface area contributed by atoms with Crippen LogP contribution in [-0.2, 0) is 9.53 Å². The first-order chi connectivity index (χ1) is 3.77. The van der Waals surface area contributed by atoms with E-state index in [1.165, 1.54) is 0 Å². The van der Waals surface area contributed by atoms with Crippen molar-refractivity contribution in [2.45, 2.75) is 19.9 Å². The molecule has 0 amide bonds. The van der Waals surface area contributed by atoms with E-state index >= 15 is 0 Å². The van der Waals surface area contributed by atoms with Gasteiger partial charge in [-0.2, -0.15) is 0 Å². The van der Waals surface area contributed by atoms with Gasteiger partial charge >= 0.3 is 0 Å². The van der Waals surface area contributed by atoms with Crippen molar-refractivity contribution in [3.8, 4) is 0 Å². The van der Waals surface area contributed by atoms with Gasteiger partial charge in [-0.1, -0.05) is 0 Å². The highest BCUT2D eigenvalue weighted by Crippen LogP contribution is 1.72. The van der Waals surface area contributed by atoms with Crippen molar-refractivity contribution in [1.29, 1.82) is 0 Å². The zero-order valence-electron chi connectivity index (χ0n) is 5.18. The lowest BCUT2D eigenvalue weighted by molar-refractivity contribution is -0.129. The standard InChI is InChI=1S/C5H11NO2/c1-5(2)6-3-8-4-7/h4-6H,3H2,1-2H3. The minimum atomic E-state index is 0.307. The molecule has 0 atom stereocenters. The molecule has 0 aliphatic rings. The van der Waals surface area contributed by atoms with Crippen LogP contribution in [0.4, 0.5) is 0 Å². The summed E-state index contributed by atoms with van der Waals surface area (Å²) < 4.78 is 4.35. The van der Waals surface area contributed by atoms with E-state index in [9.17, 15) is 4.79 Å². The molecule has 0 heterocycles. The summed E-state index contributed by atoms with van der Waals surface area (Å²) in [6.07, 6.45) is 0. The summed E-state index contributed by atoms with van der Waals surface area (Å²) in [5.41, 5.74) is 0. The number of rotatable bonds is 4. The molecule has 0 aliphatic carbocycles. The summed E-state index contributed by atoms with van der Waals surface area (Å²) in [5.74, 6) is 0. The molecule has 48 valence electrons. The van der Waals surface area contributed by atoms with Crippen LogP contribution in [0.1, 0.15) is 13.8 Å². The molecule has 0 saturated carbocycles. The largest absolute Gasteiger partial charge is 0.452 e. The molecule has 0 aliphatic heterocycles. The molecule has 0 bridgehead atoms. The Labute approximate surface area is 49.0 Å². The van der Waals surface area contributed by atoms with E-state index in [0.29, 0.717) is 19.2 Å². The van der Waals surface area contributed by atoms with Crippen molar-refractivity contribution in [3.63, 3.8) is 0 Å². The summed E-state index contributed by atoms with van der Waals surface area (Å²) in [7, 11) is 0. The number of hydrogen-bond donors (Lipinski definition) is 1. The lowest BCUT2D eigenvalue weighted by Gasteiger charge is -2.04. The molecule has 0 aromatic heterocycles. The van der Waals surface area contributed by atoms with Crippen LogP contribution >= 0.6 is 0 Å². The van der Waals surface area contributed by atoms with E-state index in [2.05, 4.69) is 10.1 Å². The van der Waals surface area contributed by atoms with Crippen molar-refractivity contribution >= 4 is 6.47 Å². The smallest absolute Gasteiger partial charge is 0.294 e. The number of hydrogen-bond acceptors (Lipinski definition) is 3. The molecule has 0 unspecified atom stereocenters. The predicted octanol–water partition coefficient (Wildman–Crippen LogP) is 0.115. The maximum Gasteiger partial charge on any atom is 0.294 e. The van der Waals surface area contributed by atoms with Gasteiger partial charge in [0.15, 0.2) is 0 Å². The molecule has 0 aromatic carbocycles. The molecule has 0 radical (unpaired) electrons. The number of carbonyl (C=O) groups is 1. The van der Waals surface area contributed by atoms with Crippen LogP contribution in [0.25, 0.3) is 0 Å². The van der Waals surface area contributed by atoms with E-state index in [0.717, 1.165) is 0 Å². The van der Waals surface area contributed by atoms with E-state index in [1.54, 1.807) is 0 Å². The van der Waals surface area contributed by atoms with Gasteiger partial charge in [0, 0.05) is 6.04 Å². The van der Waals surface area contributed by atoms with Crippen LogP contribution in [0, 0.1) is 0 Å². The molecule has 3 heteroatoms. The van der Waals surface area contributed by atoms with E-state index in [1.807, 2.05) is 13.8 Å². The maximum absolute atomic E-state index is 9.52. The third-order valence-electron chi connectivity index (χ3n) is 0.643. The Bertz CT molecular complexity index is 63.4. The normalized spacial score (nSPS) is 9.38. The molecule has 0 saturated heterocycles. The molecule has 1 N–H and O–H groups in total. The zero-order chi connectivity index (χ0) is 6.41. The highest BCUT2D eigenvalue weighted by molar-refractivity contribution is 5.36. The van der Waals surface area contributed by atoms with Gasteiger partial charge in [-0.15, -0.1) is 0 Å². The van der Waals surface area contributed by atoms with Crippen LogP contribution in [0.5, 0.6) is 0 Å². The first kappa shape index (κ1) is 7.43. The fourth-order valence-electron chi connectivity index (χ4n) is 0.249. The van der Waals surface area contributed by atoms with Gasteiger partial charge in [-0.25, -0.2) is 0 Å². The fourth-order valence-corrected chi connectivity index (χ4v) is 0.249. The van der Waals surface area contributed by atoms with E-state index in [-0.39, 0.29) is 0 Å². The molecule has 0 spiro atoms. The van der Waals surface area contributed by atoms with Crippen molar-refractivity contribution in [3.05, 3.63) is 0 Å². The second-order valence-corrected chi connectivity index (χ2v) is 1.77. The second-order valence-electron chi connectivity index (χ2n) is 1.77. The monoisotopic (exact) mass is 117 g/mol.